The number of hydrogen-bond donors (Lipinski definition) is 1. The highest BCUT2D eigenvalue weighted by atomic mass is 16.1. The lowest BCUT2D eigenvalue weighted by Gasteiger charge is -2.13. The number of rotatable bonds is 5. The topological polar surface area (TPSA) is 34.0 Å². The van der Waals surface area contributed by atoms with Crippen LogP contribution in [0.2, 0.25) is 0 Å². The van der Waals surface area contributed by atoms with Crippen molar-refractivity contribution in [2.75, 3.05) is 6.54 Å². The van der Waals surface area contributed by atoms with Crippen LogP contribution in [0.25, 0.3) is 0 Å². The molecule has 0 amide bonds. The van der Waals surface area contributed by atoms with Crippen LogP contribution in [0.3, 0.4) is 0 Å². The third-order valence-corrected chi connectivity index (χ3v) is 3.48. The Kier molecular flexibility index (Phi) is 4.00. The summed E-state index contributed by atoms with van der Waals surface area (Å²) >= 11 is 0. The van der Waals surface area contributed by atoms with Crippen LogP contribution in [0, 0.1) is 0 Å². The summed E-state index contributed by atoms with van der Waals surface area (Å²) in [7, 11) is 0. The van der Waals surface area contributed by atoms with Gasteiger partial charge in [-0.3, -0.25) is 4.79 Å². The Morgan fingerprint density at radius 2 is 2.18 bits per heavy atom. The first-order valence-corrected chi connectivity index (χ1v) is 6.73. The molecule has 0 atom stereocenters. The van der Waals surface area contributed by atoms with Gasteiger partial charge < -0.3 is 9.88 Å². The van der Waals surface area contributed by atoms with Gasteiger partial charge in [0.1, 0.15) is 0 Å². The molecule has 0 bridgehead atoms. The van der Waals surface area contributed by atoms with Crippen LogP contribution in [-0.4, -0.2) is 11.1 Å². The Bertz CT molecular complexity index is 448. The van der Waals surface area contributed by atoms with Crippen LogP contribution < -0.4 is 10.9 Å². The summed E-state index contributed by atoms with van der Waals surface area (Å²) in [6.45, 7) is 6.68. The number of pyridine rings is 1. The van der Waals surface area contributed by atoms with Gasteiger partial charge in [-0.25, -0.2) is 0 Å². The van der Waals surface area contributed by atoms with Crippen LogP contribution in [0.1, 0.15) is 43.5 Å². The second kappa shape index (κ2) is 5.50. The molecule has 0 radical (unpaired) electrons. The van der Waals surface area contributed by atoms with E-state index in [4.69, 9.17) is 0 Å². The zero-order chi connectivity index (χ0) is 12.3. The van der Waals surface area contributed by atoms with Crippen molar-refractivity contribution < 1.29 is 0 Å². The minimum absolute atomic E-state index is 0.205. The Morgan fingerprint density at radius 3 is 2.88 bits per heavy atom. The van der Waals surface area contributed by atoms with Crippen LogP contribution in [0.15, 0.2) is 10.9 Å². The van der Waals surface area contributed by atoms with Gasteiger partial charge in [0.15, 0.2) is 0 Å². The molecule has 2 rings (SSSR count). The van der Waals surface area contributed by atoms with Gasteiger partial charge in [0.25, 0.3) is 5.56 Å². The molecule has 0 aliphatic heterocycles. The van der Waals surface area contributed by atoms with E-state index >= 15 is 0 Å². The van der Waals surface area contributed by atoms with Crippen molar-refractivity contribution in [2.24, 2.45) is 0 Å². The lowest BCUT2D eigenvalue weighted by atomic mass is 10.1. The molecule has 0 saturated heterocycles. The third kappa shape index (κ3) is 2.44. The summed E-state index contributed by atoms with van der Waals surface area (Å²) in [6, 6.07) is 2.12. The third-order valence-electron chi connectivity index (χ3n) is 3.48. The zero-order valence-electron chi connectivity index (χ0n) is 10.9. The van der Waals surface area contributed by atoms with Gasteiger partial charge in [-0.05, 0) is 50.8 Å². The molecule has 1 aromatic rings. The smallest absolute Gasteiger partial charge is 0.255 e. The van der Waals surface area contributed by atoms with E-state index in [2.05, 4.69) is 25.2 Å². The molecule has 3 heteroatoms. The van der Waals surface area contributed by atoms with Crippen molar-refractivity contribution in [1.82, 2.24) is 9.88 Å². The van der Waals surface area contributed by atoms with Crippen molar-refractivity contribution in [2.45, 2.75) is 52.6 Å². The quantitative estimate of drug-likeness (QED) is 0.789. The van der Waals surface area contributed by atoms with E-state index in [-0.39, 0.29) is 5.56 Å². The van der Waals surface area contributed by atoms with E-state index in [9.17, 15) is 4.79 Å². The fourth-order valence-corrected chi connectivity index (χ4v) is 2.64. The highest BCUT2D eigenvalue weighted by Gasteiger charge is 2.17. The molecular formula is C14H22N2O. The number of hydrogen-bond acceptors (Lipinski definition) is 2. The van der Waals surface area contributed by atoms with Crippen LogP contribution in [0.4, 0.5) is 0 Å². The van der Waals surface area contributed by atoms with E-state index in [1.165, 1.54) is 17.7 Å². The van der Waals surface area contributed by atoms with E-state index < -0.39 is 0 Å². The fourth-order valence-electron chi connectivity index (χ4n) is 2.64. The maximum Gasteiger partial charge on any atom is 0.255 e. The summed E-state index contributed by atoms with van der Waals surface area (Å²) in [5, 5.41) is 3.32. The van der Waals surface area contributed by atoms with Gasteiger partial charge in [0, 0.05) is 24.3 Å². The average molecular weight is 234 g/mol. The maximum absolute atomic E-state index is 12.3. The fraction of sp³-hybridized carbons (Fsp3) is 0.643. The summed E-state index contributed by atoms with van der Waals surface area (Å²) in [4.78, 5) is 12.3. The molecule has 0 unspecified atom stereocenters. The SMILES string of the molecule is CCCNCc1cc2c(n(CC)c1=O)CCC2. The predicted octanol–water partition coefficient (Wildman–Crippen LogP) is 1.86. The number of aryl methyl sites for hydroxylation is 1. The first-order chi connectivity index (χ1) is 8.27. The number of aromatic nitrogens is 1. The van der Waals surface area contributed by atoms with Gasteiger partial charge in [0.05, 0.1) is 0 Å². The largest absolute Gasteiger partial charge is 0.312 e. The van der Waals surface area contributed by atoms with Crippen molar-refractivity contribution in [3.8, 4) is 0 Å². The van der Waals surface area contributed by atoms with Crippen molar-refractivity contribution in [3.05, 3.63) is 33.2 Å². The number of fused-ring (bicyclic) bond motifs is 1. The van der Waals surface area contributed by atoms with Gasteiger partial charge in [-0.15, -0.1) is 0 Å². The summed E-state index contributed by atoms with van der Waals surface area (Å²) in [5.74, 6) is 0. The number of nitrogens with zero attached hydrogens (tertiary/aromatic N) is 1. The van der Waals surface area contributed by atoms with Crippen LogP contribution >= 0.6 is 0 Å². The average Bonchev–Trinajstić information content (AvgIpc) is 2.78. The molecule has 1 heterocycles. The highest BCUT2D eigenvalue weighted by molar-refractivity contribution is 5.30. The molecule has 17 heavy (non-hydrogen) atoms. The summed E-state index contributed by atoms with van der Waals surface area (Å²) in [6.07, 6.45) is 4.50. The molecular weight excluding hydrogens is 212 g/mol. The molecule has 0 fully saturated rings. The molecule has 0 aromatic carbocycles. The first kappa shape index (κ1) is 12.4. The maximum atomic E-state index is 12.3. The van der Waals surface area contributed by atoms with Gasteiger partial charge in [-0.2, -0.15) is 0 Å². The summed E-state index contributed by atoms with van der Waals surface area (Å²) < 4.78 is 1.96. The number of nitrogens with one attached hydrogen (secondary N) is 1. The molecule has 1 N–H and O–H groups in total. The first-order valence-electron chi connectivity index (χ1n) is 6.73. The Morgan fingerprint density at radius 1 is 1.35 bits per heavy atom. The van der Waals surface area contributed by atoms with E-state index in [0.29, 0.717) is 6.54 Å². The minimum atomic E-state index is 0.205. The Hall–Kier alpha value is -1.09. The predicted molar refractivity (Wildman–Crippen MR) is 70.4 cm³/mol. The Balaban J connectivity index is 2.31. The molecule has 1 aromatic heterocycles. The molecule has 1 aliphatic carbocycles. The Labute approximate surface area is 103 Å². The summed E-state index contributed by atoms with van der Waals surface area (Å²) in [5.41, 5.74) is 3.80. The van der Waals surface area contributed by atoms with Gasteiger partial charge >= 0.3 is 0 Å². The lowest BCUT2D eigenvalue weighted by Crippen LogP contribution is -2.29. The second-order valence-electron chi connectivity index (χ2n) is 4.72. The standard InChI is InChI=1S/C14H22N2O/c1-3-8-15-10-12-9-11-6-5-7-13(11)16(4-2)14(12)17/h9,15H,3-8,10H2,1-2H3. The minimum Gasteiger partial charge on any atom is -0.312 e. The van der Waals surface area contributed by atoms with E-state index in [0.717, 1.165) is 37.9 Å². The monoisotopic (exact) mass is 234 g/mol. The molecule has 0 spiro atoms. The molecule has 0 saturated carbocycles. The van der Waals surface area contributed by atoms with Crippen LogP contribution in [-0.2, 0) is 25.9 Å². The van der Waals surface area contributed by atoms with E-state index in [1.54, 1.807) is 0 Å². The normalized spacial score (nSPS) is 14.0. The lowest BCUT2D eigenvalue weighted by molar-refractivity contribution is 0.637. The second-order valence-corrected chi connectivity index (χ2v) is 4.72. The van der Waals surface area contributed by atoms with Crippen molar-refractivity contribution in [1.29, 1.82) is 0 Å². The van der Waals surface area contributed by atoms with Gasteiger partial charge in [-0.1, -0.05) is 6.92 Å². The van der Waals surface area contributed by atoms with Crippen molar-refractivity contribution in [3.63, 3.8) is 0 Å². The van der Waals surface area contributed by atoms with E-state index in [1.807, 2.05) is 4.57 Å². The molecule has 1 aliphatic rings. The highest BCUT2D eigenvalue weighted by Crippen LogP contribution is 2.21. The molecule has 94 valence electrons. The molecule has 3 nitrogen and oxygen atoms in total. The zero-order valence-corrected chi connectivity index (χ0v) is 10.9. The van der Waals surface area contributed by atoms with Crippen LogP contribution in [0.5, 0.6) is 0 Å². The van der Waals surface area contributed by atoms with Crippen molar-refractivity contribution >= 4 is 0 Å². The van der Waals surface area contributed by atoms with Gasteiger partial charge in [0.2, 0.25) is 0 Å².